The second-order valence-electron chi connectivity index (χ2n) is 23.1. The number of benzene rings is 6. The molecule has 2 aliphatic heterocycles. The zero-order chi connectivity index (χ0) is 45.4. The van der Waals surface area contributed by atoms with Crippen molar-refractivity contribution < 1.29 is 0 Å². The molecule has 0 amide bonds. The third-order valence-electron chi connectivity index (χ3n) is 15.8. The molecule has 4 aliphatic rings. The minimum Gasteiger partial charge on any atom is -0.311 e. The predicted octanol–water partition coefficient (Wildman–Crippen LogP) is 15.3. The maximum Gasteiger partial charge on any atom is 0.264 e. The van der Waals surface area contributed by atoms with Crippen LogP contribution >= 0.6 is 11.3 Å². The quantitative estimate of drug-likeness (QED) is 0.160. The highest BCUT2D eigenvalue weighted by Crippen LogP contribution is 2.58. The Hall–Kier alpha value is -5.52. The first-order valence-electron chi connectivity index (χ1n) is 24.1. The molecule has 0 fully saturated rings. The molecule has 2 aliphatic carbocycles. The molecule has 0 spiro atoms. The van der Waals surface area contributed by atoms with E-state index in [0.29, 0.717) is 0 Å². The van der Waals surface area contributed by atoms with Gasteiger partial charge in [-0.2, -0.15) is 11.3 Å². The van der Waals surface area contributed by atoms with Crippen molar-refractivity contribution in [3.8, 4) is 0 Å². The van der Waals surface area contributed by atoms with E-state index in [0.717, 1.165) is 23.5 Å². The smallest absolute Gasteiger partial charge is 0.264 e. The van der Waals surface area contributed by atoms with E-state index in [-0.39, 0.29) is 33.8 Å². The Morgan fingerprint density at radius 3 is 1.75 bits per heavy atom. The third-order valence-corrected chi connectivity index (χ3v) is 17.4. The van der Waals surface area contributed by atoms with Crippen LogP contribution < -0.4 is 30.4 Å². The van der Waals surface area contributed by atoms with E-state index in [1.807, 2.05) is 0 Å². The average Bonchev–Trinajstić information content (AvgIpc) is 3.70. The maximum atomic E-state index is 2.76. The topological polar surface area (TPSA) is 9.72 Å². The number of nitrogens with zero attached hydrogens (tertiary/aromatic N) is 3. The molecule has 7 aromatic rings. The van der Waals surface area contributed by atoms with Gasteiger partial charge in [-0.3, -0.25) is 0 Å². The Bertz CT molecular complexity index is 2990. The molecule has 0 N–H and O–H groups in total. The average molecular weight is 870 g/mol. The SMILES string of the molecule is CC(C)(C)c1ccc(N(c2ccccc2)c2cc3c4c(c2)N(c2ccc5c(c2)C(C)(C)CCC5(C)C)c2c(sc5c2C(C)(C)CCC5(C)C)B4c2ccccc2N3c2ccccc2)cc1. The van der Waals surface area contributed by atoms with Gasteiger partial charge in [0, 0.05) is 49.5 Å². The van der Waals surface area contributed by atoms with Gasteiger partial charge < -0.3 is 14.7 Å². The second-order valence-corrected chi connectivity index (χ2v) is 24.2. The van der Waals surface area contributed by atoms with E-state index >= 15 is 0 Å². The van der Waals surface area contributed by atoms with Crippen LogP contribution in [0.5, 0.6) is 0 Å². The number of rotatable bonds is 5. The first-order chi connectivity index (χ1) is 30.9. The van der Waals surface area contributed by atoms with Crippen molar-refractivity contribution in [3.05, 3.63) is 167 Å². The van der Waals surface area contributed by atoms with Crippen LogP contribution in [0.4, 0.5) is 51.2 Å². The molecule has 3 nitrogen and oxygen atoms in total. The van der Waals surface area contributed by atoms with Crippen molar-refractivity contribution in [2.75, 3.05) is 14.7 Å². The van der Waals surface area contributed by atoms with Crippen molar-refractivity contribution in [2.24, 2.45) is 0 Å². The Morgan fingerprint density at radius 1 is 0.508 bits per heavy atom. The Morgan fingerprint density at radius 2 is 1.08 bits per heavy atom. The van der Waals surface area contributed by atoms with E-state index in [2.05, 4.69) is 242 Å². The zero-order valence-electron chi connectivity index (χ0n) is 40.4. The second kappa shape index (κ2) is 14.5. The number of hydrogen-bond acceptors (Lipinski definition) is 4. The molecule has 0 atom stereocenters. The minimum atomic E-state index is -0.00423. The molecule has 11 rings (SSSR count). The van der Waals surface area contributed by atoms with Crippen LogP contribution in [-0.4, -0.2) is 6.71 Å². The largest absolute Gasteiger partial charge is 0.311 e. The summed E-state index contributed by atoms with van der Waals surface area (Å²) >= 11 is 2.11. The Kier molecular flexibility index (Phi) is 9.40. The minimum absolute atomic E-state index is 0.00423. The zero-order valence-corrected chi connectivity index (χ0v) is 41.3. The summed E-state index contributed by atoms with van der Waals surface area (Å²) in [5.74, 6) is 0. The van der Waals surface area contributed by atoms with Gasteiger partial charge in [0.1, 0.15) is 0 Å². The van der Waals surface area contributed by atoms with Crippen molar-refractivity contribution in [1.82, 2.24) is 0 Å². The monoisotopic (exact) mass is 869 g/mol. The summed E-state index contributed by atoms with van der Waals surface area (Å²) in [5.41, 5.74) is 19.9. The van der Waals surface area contributed by atoms with Crippen LogP contribution in [0.2, 0.25) is 0 Å². The molecule has 0 unspecified atom stereocenters. The van der Waals surface area contributed by atoms with Gasteiger partial charge in [-0.15, -0.1) is 0 Å². The molecule has 0 radical (unpaired) electrons. The summed E-state index contributed by atoms with van der Waals surface area (Å²) < 4.78 is 1.48. The molecule has 3 heterocycles. The van der Waals surface area contributed by atoms with Gasteiger partial charge in [0.15, 0.2) is 0 Å². The lowest BCUT2D eigenvalue weighted by Gasteiger charge is -2.46. The van der Waals surface area contributed by atoms with Gasteiger partial charge in [-0.25, -0.2) is 0 Å². The molecule has 6 aromatic carbocycles. The van der Waals surface area contributed by atoms with E-state index in [1.54, 1.807) is 10.4 Å². The van der Waals surface area contributed by atoms with Gasteiger partial charge in [0.2, 0.25) is 0 Å². The molecule has 5 heteroatoms. The number of para-hydroxylation sites is 3. The fourth-order valence-corrected chi connectivity index (χ4v) is 13.5. The standard InChI is InChI=1S/C60H64BN3S/c1-56(2,3)39-26-28-42(29-27-39)62(40-20-14-12-15-21-40)44-37-49-52-50(38-44)64(43-30-31-45-46(36-43)58(6,7)33-32-57(45,4)5)53-51-54(60(10,11)35-34-59(51,8)9)65-55(53)61(52)47-24-18-19-25-48(47)63(49)41-22-16-13-17-23-41/h12-31,36-38H,32-35H2,1-11H3. The third kappa shape index (κ3) is 6.57. The highest BCUT2D eigenvalue weighted by molar-refractivity contribution is 7.29. The summed E-state index contributed by atoms with van der Waals surface area (Å²) in [7, 11) is 0. The predicted molar refractivity (Wildman–Crippen MR) is 282 cm³/mol. The summed E-state index contributed by atoms with van der Waals surface area (Å²) in [4.78, 5) is 9.37. The number of fused-ring (bicyclic) bond motifs is 7. The van der Waals surface area contributed by atoms with Gasteiger partial charge in [-0.05, 0) is 153 Å². The van der Waals surface area contributed by atoms with Crippen molar-refractivity contribution in [1.29, 1.82) is 0 Å². The van der Waals surface area contributed by atoms with Crippen LogP contribution in [-0.2, 0) is 27.1 Å². The highest BCUT2D eigenvalue weighted by Gasteiger charge is 2.51. The summed E-state index contributed by atoms with van der Waals surface area (Å²) in [6, 6.07) is 53.3. The van der Waals surface area contributed by atoms with Crippen LogP contribution in [0.3, 0.4) is 0 Å². The summed E-state index contributed by atoms with van der Waals surface area (Å²) in [6.45, 7) is 26.9. The Labute approximate surface area is 393 Å². The van der Waals surface area contributed by atoms with E-state index < -0.39 is 0 Å². The lowest BCUT2D eigenvalue weighted by molar-refractivity contribution is 0.332. The van der Waals surface area contributed by atoms with Crippen molar-refractivity contribution in [2.45, 2.75) is 129 Å². The molecular weight excluding hydrogens is 806 g/mol. The number of hydrogen-bond donors (Lipinski definition) is 0. The normalized spacial score (nSPS) is 18.2. The van der Waals surface area contributed by atoms with E-state index in [9.17, 15) is 0 Å². The lowest BCUT2D eigenvalue weighted by atomic mass is 9.36. The summed E-state index contributed by atoms with van der Waals surface area (Å²) in [5, 5.41) is 0. The van der Waals surface area contributed by atoms with Crippen LogP contribution in [0.15, 0.2) is 140 Å². The van der Waals surface area contributed by atoms with Gasteiger partial charge in [0.05, 0.1) is 11.4 Å². The number of anilines is 9. The fourth-order valence-electron chi connectivity index (χ4n) is 11.8. The first-order valence-corrected chi connectivity index (χ1v) is 24.9. The number of thiophene rings is 1. The highest BCUT2D eigenvalue weighted by atomic mass is 32.1. The van der Waals surface area contributed by atoms with E-state index in [1.165, 1.54) is 85.8 Å². The maximum absolute atomic E-state index is 2.76. The summed E-state index contributed by atoms with van der Waals surface area (Å²) in [6.07, 6.45) is 4.70. The van der Waals surface area contributed by atoms with Gasteiger partial charge in [0.25, 0.3) is 6.71 Å². The molecule has 1 aromatic heterocycles. The lowest BCUT2D eigenvalue weighted by Crippen LogP contribution is -2.60. The van der Waals surface area contributed by atoms with Crippen LogP contribution in [0, 0.1) is 0 Å². The molecule has 0 bridgehead atoms. The van der Waals surface area contributed by atoms with Crippen molar-refractivity contribution >= 4 is 84.9 Å². The molecule has 0 saturated heterocycles. The van der Waals surface area contributed by atoms with Crippen LogP contribution in [0.1, 0.15) is 129 Å². The van der Waals surface area contributed by atoms with E-state index in [4.69, 9.17) is 0 Å². The molecule has 65 heavy (non-hydrogen) atoms. The molecule has 328 valence electrons. The van der Waals surface area contributed by atoms with Gasteiger partial charge >= 0.3 is 0 Å². The fraction of sp³-hybridized carbons (Fsp3) is 0.333. The van der Waals surface area contributed by atoms with Crippen LogP contribution in [0.25, 0.3) is 0 Å². The first kappa shape index (κ1) is 42.1. The van der Waals surface area contributed by atoms with Gasteiger partial charge in [-0.1, -0.05) is 149 Å². The molecule has 0 saturated carbocycles. The Balaban J connectivity index is 1.28. The molecular formula is C60H64BN3S. The van der Waals surface area contributed by atoms with Crippen molar-refractivity contribution in [3.63, 3.8) is 0 Å².